The van der Waals surface area contributed by atoms with Gasteiger partial charge in [0.2, 0.25) is 5.82 Å². The van der Waals surface area contributed by atoms with Crippen LogP contribution >= 0.6 is 15.9 Å². The Labute approximate surface area is 223 Å². The van der Waals surface area contributed by atoms with E-state index in [1.54, 1.807) is 10.8 Å². The molecule has 5 rings (SSSR count). The summed E-state index contributed by atoms with van der Waals surface area (Å²) in [7, 11) is 0. The van der Waals surface area contributed by atoms with Crippen LogP contribution in [0.25, 0.3) is 28.3 Å². The van der Waals surface area contributed by atoms with Crippen LogP contribution in [0.15, 0.2) is 70.5 Å². The smallest absolute Gasteiger partial charge is 0.333 e. The van der Waals surface area contributed by atoms with Gasteiger partial charge in [-0.05, 0) is 69.2 Å². The van der Waals surface area contributed by atoms with Crippen LogP contribution in [0.2, 0.25) is 0 Å². The van der Waals surface area contributed by atoms with Crippen LogP contribution in [-0.4, -0.2) is 39.3 Å². The molecule has 5 aromatic rings. The quantitative estimate of drug-likeness (QED) is 0.251. The maximum atomic E-state index is 13.8. The highest BCUT2D eigenvalue weighted by molar-refractivity contribution is 9.10. The number of benzene rings is 1. The van der Waals surface area contributed by atoms with Crippen molar-refractivity contribution in [3.8, 4) is 28.3 Å². The molecule has 0 atom stereocenters. The fraction of sp³-hybridized carbons (Fsp3) is 0.296. The fourth-order valence-electron chi connectivity index (χ4n) is 4.61. The van der Waals surface area contributed by atoms with E-state index >= 15 is 0 Å². The van der Waals surface area contributed by atoms with Crippen molar-refractivity contribution in [2.45, 2.75) is 52.6 Å². The minimum absolute atomic E-state index is 0.0508. The Hall–Kier alpha value is -3.79. The van der Waals surface area contributed by atoms with Crippen LogP contribution in [-0.2, 0) is 19.5 Å². The molecule has 4 heterocycles. The van der Waals surface area contributed by atoms with E-state index in [1.807, 2.05) is 59.6 Å². The molecule has 0 spiro atoms. The lowest BCUT2D eigenvalue weighted by Crippen LogP contribution is -2.26. The Morgan fingerprint density at radius 3 is 2.57 bits per heavy atom. The molecular weight excluding hydrogens is 532 g/mol. The van der Waals surface area contributed by atoms with E-state index < -0.39 is 0 Å². The standard InChI is InChI=1S/C27H29BrN8O/c1-3-5-6-22-18-36(26-24(28)12-15-34(26)14-4-2)27(37)35(22)17-21-16-29-13-11-23(21)19-7-9-20(10-8-19)25-30-32-33-31-25/h7-13,15-16,18H,3-6,14,17H2,1-2H3,(H,30,31,32,33). The van der Waals surface area contributed by atoms with Crippen molar-refractivity contribution in [1.29, 1.82) is 0 Å². The summed E-state index contributed by atoms with van der Waals surface area (Å²) >= 11 is 3.66. The van der Waals surface area contributed by atoms with E-state index in [9.17, 15) is 4.79 Å². The maximum Gasteiger partial charge on any atom is 0.334 e. The summed E-state index contributed by atoms with van der Waals surface area (Å²) in [6.07, 6.45) is 11.5. The summed E-state index contributed by atoms with van der Waals surface area (Å²) in [6.45, 7) is 5.58. The SMILES string of the molecule is CCCCc1cn(-c2c(Br)ccn2CCC)c(=O)n1Cc1cnccc1-c1ccc(-c2nn[nH]n2)cc1. The lowest BCUT2D eigenvalue weighted by Gasteiger charge is -2.12. The van der Waals surface area contributed by atoms with Gasteiger partial charge in [0.15, 0.2) is 0 Å². The largest absolute Gasteiger partial charge is 0.334 e. The number of hydrogen-bond donors (Lipinski definition) is 1. The number of hydrogen-bond acceptors (Lipinski definition) is 5. The summed E-state index contributed by atoms with van der Waals surface area (Å²) < 4.78 is 6.70. The zero-order valence-corrected chi connectivity index (χ0v) is 22.5. The molecule has 0 aliphatic rings. The third-order valence-electron chi connectivity index (χ3n) is 6.46. The first-order valence-corrected chi connectivity index (χ1v) is 13.3. The number of imidazole rings is 1. The van der Waals surface area contributed by atoms with Crippen molar-refractivity contribution in [2.75, 3.05) is 0 Å². The topological polar surface area (TPSA) is 99.2 Å². The number of unbranched alkanes of at least 4 members (excludes halogenated alkanes) is 1. The van der Waals surface area contributed by atoms with E-state index in [4.69, 9.17) is 0 Å². The predicted octanol–water partition coefficient (Wildman–Crippen LogP) is 5.25. The molecule has 0 aliphatic heterocycles. The molecule has 1 N–H and O–H groups in total. The van der Waals surface area contributed by atoms with Crippen LogP contribution in [0.3, 0.4) is 0 Å². The highest BCUT2D eigenvalue weighted by Crippen LogP contribution is 2.27. The van der Waals surface area contributed by atoms with Crippen molar-refractivity contribution in [3.05, 3.63) is 87.4 Å². The molecule has 190 valence electrons. The number of rotatable bonds is 10. The second-order valence-electron chi connectivity index (χ2n) is 8.99. The zero-order valence-electron chi connectivity index (χ0n) is 20.9. The summed E-state index contributed by atoms with van der Waals surface area (Å²) in [4.78, 5) is 18.2. The molecule has 0 radical (unpaired) electrons. The molecule has 0 fully saturated rings. The van der Waals surface area contributed by atoms with Crippen molar-refractivity contribution >= 4 is 15.9 Å². The molecule has 0 amide bonds. The van der Waals surface area contributed by atoms with Gasteiger partial charge in [-0.3, -0.25) is 14.1 Å². The van der Waals surface area contributed by atoms with E-state index in [2.05, 4.69) is 60.0 Å². The Morgan fingerprint density at radius 1 is 1.03 bits per heavy atom. The number of pyridine rings is 1. The highest BCUT2D eigenvalue weighted by atomic mass is 79.9. The minimum atomic E-state index is -0.0508. The van der Waals surface area contributed by atoms with Crippen molar-refractivity contribution in [2.24, 2.45) is 0 Å². The van der Waals surface area contributed by atoms with Gasteiger partial charge in [-0.1, -0.05) is 44.5 Å². The van der Waals surface area contributed by atoms with E-state index in [1.165, 1.54) is 0 Å². The van der Waals surface area contributed by atoms with Gasteiger partial charge in [-0.15, -0.1) is 10.2 Å². The van der Waals surface area contributed by atoms with Gasteiger partial charge in [0.25, 0.3) is 0 Å². The summed E-state index contributed by atoms with van der Waals surface area (Å²) in [5, 5.41) is 14.2. The van der Waals surface area contributed by atoms with Crippen LogP contribution in [0.1, 0.15) is 44.4 Å². The van der Waals surface area contributed by atoms with Gasteiger partial charge in [0.05, 0.1) is 11.0 Å². The molecule has 1 aromatic carbocycles. The van der Waals surface area contributed by atoms with Gasteiger partial charge < -0.3 is 4.57 Å². The molecule has 4 aromatic heterocycles. The number of tetrazole rings is 1. The molecule has 10 heteroatoms. The van der Waals surface area contributed by atoms with Gasteiger partial charge in [-0.25, -0.2) is 4.79 Å². The Morgan fingerprint density at radius 2 is 1.84 bits per heavy atom. The number of nitrogens with zero attached hydrogens (tertiary/aromatic N) is 7. The highest BCUT2D eigenvalue weighted by Gasteiger charge is 2.19. The molecule has 0 aliphatic carbocycles. The average Bonchev–Trinajstić information content (AvgIpc) is 3.65. The normalized spacial score (nSPS) is 11.3. The van der Waals surface area contributed by atoms with Crippen molar-refractivity contribution in [1.82, 2.24) is 39.3 Å². The zero-order chi connectivity index (χ0) is 25.8. The van der Waals surface area contributed by atoms with Gasteiger partial charge in [-0.2, -0.15) is 5.21 Å². The van der Waals surface area contributed by atoms with Gasteiger partial charge in [0, 0.05) is 42.6 Å². The summed E-state index contributed by atoms with van der Waals surface area (Å²) in [6, 6.07) is 12.0. The molecular formula is C27H29BrN8O. The molecule has 0 unspecified atom stereocenters. The van der Waals surface area contributed by atoms with Crippen LogP contribution in [0.4, 0.5) is 0 Å². The first-order chi connectivity index (χ1) is 18.1. The Bertz CT molecular complexity index is 1530. The molecule has 0 saturated heterocycles. The van der Waals surface area contributed by atoms with Crippen LogP contribution in [0, 0.1) is 0 Å². The number of nitrogens with one attached hydrogen (secondary N) is 1. The number of H-pyrrole nitrogens is 1. The number of aryl methyl sites for hydroxylation is 2. The van der Waals surface area contributed by atoms with Gasteiger partial charge in [0.1, 0.15) is 5.82 Å². The average molecular weight is 561 g/mol. The predicted molar refractivity (Wildman–Crippen MR) is 147 cm³/mol. The second-order valence-corrected chi connectivity index (χ2v) is 9.84. The van der Waals surface area contributed by atoms with E-state index in [0.717, 1.165) is 70.5 Å². The van der Waals surface area contributed by atoms with E-state index in [-0.39, 0.29) is 5.69 Å². The lowest BCUT2D eigenvalue weighted by atomic mass is 10.00. The number of halogens is 1. The molecule has 37 heavy (non-hydrogen) atoms. The van der Waals surface area contributed by atoms with Crippen molar-refractivity contribution in [3.63, 3.8) is 0 Å². The summed E-state index contributed by atoms with van der Waals surface area (Å²) in [5.41, 5.74) is 4.90. The fourth-order valence-corrected chi connectivity index (χ4v) is 5.14. The molecule has 0 bridgehead atoms. The second kappa shape index (κ2) is 11.1. The Kier molecular flexibility index (Phi) is 7.45. The third kappa shape index (κ3) is 5.06. The number of aromatic amines is 1. The minimum Gasteiger partial charge on any atom is -0.333 e. The van der Waals surface area contributed by atoms with Gasteiger partial charge >= 0.3 is 5.69 Å². The molecule has 0 saturated carbocycles. The van der Waals surface area contributed by atoms with Crippen LogP contribution in [0.5, 0.6) is 0 Å². The molecule has 9 nitrogen and oxygen atoms in total. The monoisotopic (exact) mass is 560 g/mol. The van der Waals surface area contributed by atoms with Crippen LogP contribution < -0.4 is 5.69 Å². The first-order valence-electron chi connectivity index (χ1n) is 12.5. The van der Waals surface area contributed by atoms with Crippen molar-refractivity contribution < 1.29 is 0 Å². The lowest BCUT2D eigenvalue weighted by molar-refractivity contribution is 0.643. The van der Waals surface area contributed by atoms with E-state index in [0.29, 0.717) is 12.4 Å². The summed E-state index contributed by atoms with van der Waals surface area (Å²) in [5.74, 6) is 1.42. The maximum absolute atomic E-state index is 13.8. The Balaban J connectivity index is 1.54. The first kappa shape index (κ1) is 24.9. The third-order valence-corrected chi connectivity index (χ3v) is 7.08. The number of aromatic nitrogens is 8.